The van der Waals surface area contributed by atoms with Gasteiger partial charge in [-0.2, -0.15) is 13.2 Å². The quantitative estimate of drug-likeness (QED) is 0.267. The Hall–Kier alpha value is -4.25. The smallest absolute Gasteiger partial charge is 0.417 e. The molecule has 0 saturated heterocycles. The van der Waals surface area contributed by atoms with Crippen LogP contribution in [0.1, 0.15) is 46.5 Å². The molecule has 0 aliphatic carbocycles. The first kappa shape index (κ1) is 25.4. The van der Waals surface area contributed by atoms with E-state index in [4.69, 9.17) is 10.5 Å². The third kappa shape index (κ3) is 5.82. The van der Waals surface area contributed by atoms with Crippen LogP contribution in [0.2, 0.25) is 0 Å². The molecule has 0 radical (unpaired) electrons. The number of halogens is 4. The van der Waals surface area contributed by atoms with Crippen molar-refractivity contribution in [1.29, 1.82) is 0 Å². The van der Waals surface area contributed by atoms with Crippen LogP contribution in [-0.2, 0) is 10.9 Å². The van der Waals surface area contributed by atoms with E-state index in [0.717, 1.165) is 12.1 Å². The van der Waals surface area contributed by atoms with Crippen LogP contribution < -0.4 is 5.73 Å². The number of hydrogen-bond donors (Lipinski definition) is 2. The minimum Gasteiger partial charge on any atom is -0.508 e. The highest BCUT2D eigenvalue weighted by Gasteiger charge is 2.33. The number of benzene rings is 3. The number of aromatic hydroxyl groups is 1. The molecule has 0 amide bonds. The molecule has 0 unspecified atom stereocenters. The fourth-order valence-corrected chi connectivity index (χ4v) is 3.32. The minimum atomic E-state index is -4.73. The lowest BCUT2D eigenvalue weighted by Gasteiger charge is -2.11. The number of nitrogens with two attached hydrogens (primary N) is 1. The fourth-order valence-electron chi connectivity index (χ4n) is 3.32. The Morgan fingerprint density at radius 1 is 1.06 bits per heavy atom. The van der Waals surface area contributed by atoms with Gasteiger partial charge in [0.2, 0.25) is 0 Å². The number of carbonyl (C=O) groups is 1. The van der Waals surface area contributed by atoms with Crippen LogP contribution in [0.5, 0.6) is 5.75 Å². The standard InChI is InChI=1S/C27H21F4NO3/c1-3-25(32)21-12-10-18(14-24(21)28)22-13-19(26(34)35-4-2)8-6-16(22)5-7-17-9-11-20(33)15-23(17)27(29,30)31/h3,6,8-15,33H,4,32H2,1-2H3. The number of esters is 1. The number of allylic oxidation sites excluding steroid dienone is 1. The SMILES string of the molecule is CC=C(N)c1ccc(-c2cc(C(=O)OCC)ccc2C#Cc2ccc(O)cc2C(F)(F)F)cc1F. The largest absolute Gasteiger partial charge is 0.508 e. The van der Waals surface area contributed by atoms with E-state index < -0.39 is 29.3 Å². The number of alkyl halides is 3. The van der Waals surface area contributed by atoms with Crippen molar-refractivity contribution in [1.82, 2.24) is 0 Å². The van der Waals surface area contributed by atoms with Crippen molar-refractivity contribution in [2.24, 2.45) is 5.73 Å². The molecular weight excluding hydrogens is 462 g/mol. The van der Waals surface area contributed by atoms with Gasteiger partial charge in [-0.1, -0.05) is 24.0 Å². The molecule has 0 fully saturated rings. The lowest BCUT2D eigenvalue weighted by atomic mass is 9.95. The molecule has 3 N–H and O–H groups in total. The Morgan fingerprint density at radius 3 is 2.37 bits per heavy atom. The molecule has 0 bridgehead atoms. The van der Waals surface area contributed by atoms with Crippen molar-refractivity contribution in [2.45, 2.75) is 20.0 Å². The van der Waals surface area contributed by atoms with Crippen LogP contribution in [0, 0.1) is 17.7 Å². The van der Waals surface area contributed by atoms with Gasteiger partial charge in [0.1, 0.15) is 11.6 Å². The predicted octanol–water partition coefficient (Wildman–Crippen LogP) is 6.11. The van der Waals surface area contributed by atoms with Gasteiger partial charge in [-0.05, 0) is 73.5 Å². The summed E-state index contributed by atoms with van der Waals surface area (Å²) in [5.74, 6) is 3.40. The molecule has 4 nitrogen and oxygen atoms in total. The third-order valence-electron chi connectivity index (χ3n) is 5.07. The molecule has 0 saturated carbocycles. The Kier molecular flexibility index (Phi) is 7.50. The summed E-state index contributed by atoms with van der Waals surface area (Å²) < 4.78 is 60.0. The second-order valence-corrected chi connectivity index (χ2v) is 7.40. The summed E-state index contributed by atoms with van der Waals surface area (Å²) in [7, 11) is 0. The van der Waals surface area contributed by atoms with E-state index in [-0.39, 0.29) is 34.6 Å². The summed E-state index contributed by atoms with van der Waals surface area (Å²) in [6.07, 6.45) is -3.18. The molecule has 0 aliphatic heterocycles. The molecule has 3 aromatic carbocycles. The lowest BCUT2D eigenvalue weighted by Crippen LogP contribution is -2.07. The molecule has 3 aromatic rings. The van der Waals surface area contributed by atoms with Crippen LogP contribution in [-0.4, -0.2) is 17.7 Å². The van der Waals surface area contributed by atoms with Crippen molar-refractivity contribution in [3.8, 4) is 28.7 Å². The summed E-state index contributed by atoms with van der Waals surface area (Å²) in [6.45, 7) is 3.45. The van der Waals surface area contributed by atoms with Crippen molar-refractivity contribution in [3.63, 3.8) is 0 Å². The summed E-state index contributed by atoms with van der Waals surface area (Å²) in [5.41, 5.74) is 5.88. The summed E-state index contributed by atoms with van der Waals surface area (Å²) >= 11 is 0. The highest BCUT2D eigenvalue weighted by atomic mass is 19.4. The minimum absolute atomic E-state index is 0.142. The molecule has 180 valence electrons. The average Bonchev–Trinajstić information content (AvgIpc) is 2.82. The highest BCUT2D eigenvalue weighted by molar-refractivity contribution is 5.92. The van der Waals surface area contributed by atoms with E-state index >= 15 is 0 Å². The monoisotopic (exact) mass is 483 g/mol. The van der Waals surface area contributed by atoms with Crippen molar-refractivity contribution in [3.05, 3.63) is 94.3 Å². The van der Waals surface area contributed by atoms with Gasteiger partial charge in [0.05, 0.1) is 17.7 Å². The van der Waals surface area contributed by atoms with Crippen LogP contribution >= 0.6 is 0 Å². The number of carbonyl (C=O) groups excluding carboxylic acids is 1. The first-order valence-electron chi connectivity index (χ1n) is 10.5. The van der Waals surface area contributed by atoms with E-state index in [9.17, 15) is 27.5 Å². The molecule has 8 heteroatoms. The van der Waals surface area contributed by atoms with Crippen LogP contribution in [0.15, 0.2) is 60.7 Å². The van der Waals surface area contributed by atoms with Crippen LogP contribution in [0.25, 0.3) is 16.8 Å². The van der Waals surface area contributed by atoms with Gasteiger partial charge < -0.3 is 15.6 Å². The Morgan fingerprint density at radius 2 is 1.74 bits per heavy atom. The molecule has 0 atom stereocenters. The van der Waals surface area contributed by atoms with Gasteiger partial charge in [-0.25, -0.2) is 9.18 Å². The van der Waals surface area contributed by atoms with Gasteiger partial charge in [0, 0.05) is 22.4 Å². The maximum atomic E-state index is 14.8. The van der Waals surface area contributed by atoms with E-state index in [2.05, 4.69) is 11.8 Å². The number of rotatable bonds is 4. The average molecular weight is 483 g/mol. The van der Waals surface area contributed by atoms with E-state index in [0.29, 0.717) is 17.2 Å². The zero-order valence-corrected chi connectivity index (χ0v) is 18.8. The zero-order chi connectivity index (χ0) is 25.8. The van der Waals surface area contributed by atoms with Gasteiger partial charge in [0.15, 0.2) is 0 Å². The van der Waals surface area contributed by atoms with Gasteiger partial charge in [-0.15, -0.1) is 0 Å². The van der Waals surface area contributed by atoms with Crippen molar-refractivity contribution in [2.75, 3.05) is 6.61 Å². The van der Waals surface area contributed by atoms with Gasteiger partial charge in [-0.3, -0.25) is 0 Å². The number of ether oxygens (including phenoxy) is 1. The molecule has 35 heavy (non-hydrogen) atoms. The summed E-state index contributed by atoms with van der Waals surface area (Å²) in [6, 6.07) is 11.3. The molecule has 0 spiro atoms. The molecular formula is C27H21F4NO3. The van der Waals surface area contributed by atoms with Crippen molar-refractivity contribution < 1.29 is 32.2 Å². The summed E-state index contributed by atoms with van der Waals surface area (Å²) in [5, 5.41) is 9.47. The normalized spacial score (nSPS) is 11.5. The second-order valence-electron chi connectivity index (χ2n) is 7.40. The molecule has 0 heterocycles. The first-order chi connectivity index (χ1) is 16.5. The molecule has 3 rings (SSSR count). The Bertz CT molecular complexity index is 1370. The molecule has 0 aliphatic rings. The van der Waals surface area contributed by atoms with E-state index in [1.165, 1.54) is 30.3 Å². The van der Waals surface area contributed by atoms with Crippen LogP contribution in [0.4, 0.5) is 17.6 Å². The first-order valence-corrected chi connectivity index (χ1v) is 10.5. The van der Waals surface area contributed by atoms with Gasteiger partial charge in [0.25, 0.3) is 0 Å². The zero-order valence-electron chi connectivity index (χ0n) is 18.8. The Balaban J connectivity index is 2.18. The number of hydrogen-bond acceptors (Lipinski definition) is 4. The van der Waals surface area contributed by atoms with E-state index in [1.807, 2.05) is 0 Å². The number of phenolic OH excluding ortho intramolecular Hbond substituents is 1. The maximum absolute atomic E-state index is 14.8. The fraction of sp³-hybridized carbons (Fsp3) is 0.148. The second kappa shape index (κ2) is 10.3. The maximum Gasteiger partial charge on any atom is 0.417 e. The van der Waals surface area contributed by atoms with Crippen LogP contribution in [0.3, 0.4) is 0 Å². The lowest BCUT2D eigenvalue weighted by molar-refractivity contribution is -0.137. The van der Waals surface area contributed by atoms with Gasteiger partial charge >= 0.3 is 12.1 Å². The molecule has 0 aromatic heterocycles. The summed E-state index contributed by atoms with van der Waals surface area (Å²) in [4.78, 5) is 12.3. The predicted molar refractivity (Wildman–Crippen MR) is 125 cm³/mol. The van der Waals surface area contributed by atoms with E-state index in [1.54, 1.807) is 26.0 Å². The topological polar surface area (TPSA) is 72.6 Å². The highest BCUT2D eigenvalue weighted by Crippen LogP contribution is 2.34. The van der Waals surface area contributed by atoms with Crippen molar-refractivity contribution >= 4 is 11.7 Å². The Labute approximate surface area is 199 Å². The third-order valence-corrected chi connectivity index (χ3v) is 5.07. The number of phenols is 1.